The minimum Gasteiger partial charge on any atom is -0.483 e. The van der Waals surface area contributed by atoms with E-state index in [1.54, 1.807) is 0 Å². The summed E-state index contributed by atoms with van der Waals surface area (Å²) >= 11 is 0. The number of fused-ring (bicyclic) bond motifs is 1. The molecule has 0 saturated heterocycles. The molecule has 3 N–H and O–H groups in total. The van der Waals surface area contributed by atoms with Gasteiger partial charge in [-0.25, -0.2) is 4.98 Å². The number of nitrogens with one attached hydrogen (secondary N) is 2. The van der Waals surface area contributed by atoms with E-state index < -0.39 is 0 Å². The summed E-state index contributed by atoms with van der Waals surface area (Å²) in [5.41, 5.74) is 6.59. The summed E-state index contributed by atoms with van der Waals surface area (Å²) in [6.07, 6.45) is 1.86. The topological polar surface area (TPSA) is 84.5 Å². The highest BCUT2D eigenvalue weighted by Gasteiger charge is 2.11. The minimum atomic E-state index is -0.250. The number of carboxylic acid groups (broad SMARTS) is 1. The Hall–Kier alpha value is -3.41. The van der Waals surface area contributed by atoms with Crippen molar-refractivity contribution >= 4 is 47.8 Å². The quantitative estimate of drug-likeness (QED) is 0.237. The van der Waals surface area contributed by atoms with Gasteiger partial charge in [0.2, 0.25) is 0 Å². The number of hydrogen-bond acceptors (Lipinski definition) is 5. The van der Waals surface area contributed by atoms with Gasteiger partial charge < -0.3 is 25.2 Å². The molecule has 0 saturated carbocycles. The van der Waals surface area contributed by atoms with E-state index >= 15 is 0 Å². The average Bonchev–Trinajstić information content (AvgIpc) is 3.29. The molecule has 7 nitrogen and oxygen atoms in total. The van der Waals surface area contributed by atoms with Gasteiger partial charge in [-0.2, -0.15) is 0 Å². The smallest absolute Gasteiger partial charge is 0.290 e. The number of anilines is 3. The molecule has 35 heavy (non-hydrogen) atoms. The lowest BCUT2D eigenvalue weighted by atomic mass is 10.1. The number of carbonyl (C=O) groups is 1. The van der Waals surface area contributed by atoms with E-state index in [0.717, 1.165) is 41.1 Å². The van der Waals surface area contributed by atoms with Crippen molar-refractivity contribution in [2.45, 2.75) is 0 Å². The van der Waals surface area contributed by atoms with E-state index in [-0.39, 0.29) is 14.4 Å². The van der Waals surface area contributed by atoms with Crippen molar-refractivity contribution in [2.75, 3.05) is 57.8 Å². The summed E-state index contributed by atoms with van der Waals surface area (Å²) in [4.78, 5) is 20.9. The summed E-state index contributed by atoms with van der Waals surface area (Å²) in [5, 5.41) is 13.0. The first-order valence-electron chi connectivity index (χ1n) is 11.4. The summed E-state index contributed by atoms with van der Waals surface area (Å²) in [5.74, 6) is 0. The van der Waals surface area contributed by atoms with Crippen LogP contribution in [0.25, 0.3) is 22.3 Å². The maximum atomic E-state index is 8.36. The van der Waals surface area contributed by atoms with Gasteiger partial charge in [0.15, 0.2) is 0 Å². The number of H-pyrrole nitrogens is 1. The Morgan fingerprint density at radius 3 is 2.34 bits per heavy atom. The zero-order valence-corrected chi connectivity index (χ0v) is 21.9. The van der Waals surface area contributed by atoms with Crippen molar-refractivity contribution in [1.82, 2.24) is 14.9 Å². The lowest BCUT2D eigenvalue weighted by Crippen LogP contribution is -2.28. The van der Waals surface area contributed by atoms with Gasteiger partial charge in [-0.1, -0.05) is 38.3 Å². The molecular weight excluding hydrogens is 457 g/mol. The van der Waals surface area contributed by atoms with Crippen LogP contribution >= 0.6 is 7.92 Å². The lowest BCUT2D eigenvalue weighted by molar-refractivity contribution is -0.122. The Labute approximate surface area is 208 Å². The largest absolute Gasteiger partial charge is 0.483 e. The number of nitrogens with zero attached hydrogens (tertiary/aromatic N) is 3. The minimum absolute atomic E-state index is 0.195. The molecule has 2 heterocycles. The molecule has 4 aromatic rings. The van der Waals surface area contributed by atoms with E-state index in [4.69, 9.17) is 9.90 Å². The molecule has 0 spiro atoms. The zero-order valence-electron chi connectivity index (χ0n) is 21.0. The fraction of sp³-hybridized carbons (Fsp3) is 0.259. The maximum absolute atomic E-state index is 8.36. The summed E-state index contributed by atoms with van der Waals surface area (Å²) in [6, 6.07) is 21.5. The molecule has 0 atom stereocenters. The van der Waals surface area contributed by atoms with E-state index in [1.165, 1.54) is 16.7 Å². The van der Waals surface area contributed by atoms with Crippen molar-refractivity contribution in [3.8, 4) is 11.3 Å². The molecular formula is C27H34N5O2P. The van der Waals surface area contributed by atoms with Crippen molar-refractivity contribution in [2.24, 2.45) is 0 Å². The lowest BCUT2D eigenvalue weighted by Gasteiger charge is -2.21. The highest BCUT2D eigenvalue weighted by Crippen LogP contribution is 2.33. The molecule has 2 aromatic carbocycles. The fourth-order valence-corrected chi connectivity index (χ4v) is 4.78. The number of aromatic nitrogens is 2. The SMILES string of the molecule is CN(C)CCN(C)c1ccc(-c2cc3c(Nc4ccccc4P(C)C)ccnc3[nH]2)cc1.O=CO. The Bertz CT molecular complexity index is 1240. The number of para-hydroxylation sites is 1. The number of benzene rings is 2. The fourth-order valence-electron chi connectivity index (χ4n) is 3.78. The van der Waals surface area contributed by atoms with Gasteiger partial charge in [0, 0.05) is 48.8 Å². The molecule has 8 heteroatoms. The van der Waals surface area contributed by atoms with Crippen LogP contribution in [0.1, 0.15) is 0 Å². The summed E-state index contributed by atoms with van der Waals surface area (Å²) in [7, 11) is 6.15. The van der Waals surface area contributed by atoms with Crippen molar-refractivity contribution < 1.29 is 9.90 Å². The molecule has 0 unspecified atom stereocenters. The van der Waals surface area contributed by atoms with Crippen LogP contribution in [0, 0.1) is 0 Å². The second kappa shape index (κ2) is 12.3. The molecule has 0 amide bonds. The standard InChI is InChI=1S/C26H32N5P.CH2O2/c1-30(2)16-17-31(3)20-12-10-19(11-13-20)24-18-21-22(14-15-27-26(21)29-24)28-23-8-6-7-9-25(23)32(4)5;2-1-3/h6-15,18H,16-17H2,1-5H3,(H2,27,28,29);1H,(H,2,3). The Morgan fingerprint density at radius 1 is 1.00 bits per heavy atom. The van der Waals surface area contributed by atoms with Crippen LogP contribution in [0.5, 0.6) is 0 Å². The Balaban J connectivity index is 0.00000108. The number of likely N-dealkylation sites (N-methyl/N-ethyl adjacent to an activating group) is 2. The van der Waals surface area contributed by atoms with Gasteiger partial charge in [0.05, 0.1) is 5.69 Å². The molecule has 0 bridgehead atoms. The van der Waals surface area contributed by atoms with Gasteiger partial charge in [0.1, 0.15) is 5.65 Å². The average molecular weight is 492 g/mol. The monoisotopic (exact) mass is 491 g/mol. The number of rotatable bonds is 8. The van der Waals surface area contributed by atoms with E-state index in [0.29, 0.717) is 0 Å². The van der Waals surface area contributed by atoms with Gasteiger partial charge in [-0.05, 0) is 68.6 Å². The van der Waals surface area contributed by atoms with Crippen LogP contribution in [-0.2, 0) is 4.79 Å². The van der Waals surface area contributed by atoms with Crippen LogP contribution in [0.15, 0.2) is 66.9 Å². The van der Waals surface area contributed by atoms with E-state index in [9.17, 15) is 0 Å². The van der Waals surface area contributed by atoms with E-state index in [1.807, 2.05) is 12.3 Å². The molecule has 0 aliphatic carbocycles. The highest BCUT2D eigenvalue weighted by atomic mass is 31.1. The number of pyridine rings is 1. The van der Waals surface area contributed by atoms with Crippen LogP contribution in [0.4, 0.5) is 17.1 Å². The normalized spacial score (nSPS) is 10.8. The van der Waals surface area contributed by atoms with Gasteiger partial charge >= 0.3 is 0 Å². The van der Waals surface area contributed by atoms with Crippen LogP contribution in [0.2, 0.25) is 0 Å². The second-order valence-electron chi connectivity index (χ2n) is 8.72. The first-order valence-corrected chi connectivity index (χ1v) is 13.6. The predicted molar refractivity (Wildman–Crippen MR) is 150 cm³/mol. The number of aromatic amines is 1. The molecule has 0 fully saturated rings. The van der Waals surface area contributed by atoms with Crippen LogP contribution in [-0.4, -0.2) is 74.0 Å². The number of hydrogen-bond donors (Lipinski definition) is 3. The Morgan fingerprint density at radius 2 is 1.69 bits per heavy atom. The molecule has 0 radical (unpaired) electrons. The van der Waals surface area contributed by atoms with Gasteiger partial charge in [0.25, 0.3) is 6.47 Å². The maximum Gasteiger partial charge on any atom is 0.290 e. The highest BCUT2D eigenvalue weighted by molar-refractivity contribution is 7.64. The molecule has 0 aliphatic rings. The first-order chi connectivity index (χ1) is 16.8. The van der Waals surface area contributed by atoms with Crippen molar-refractivity contribution in [3.63, 3.8) is 0 Å². The Kier molecular flexibility index (Phi) is 9.24. The third-order valence-electron chi connectivity index (χ3n) is 5.69. The zero-order chi connectivity index (χ0) is 25.4. The molecule has 2 aromatic heterocycles. The van der Waals surface area contributed by atoms with Crippen molar-refractivity contribution in [3.05, 3.63) is 66.9 Å². The summed E-state index contributed by atoms with van der Waals surface area (Å²) < 4.78 is 0. The van der Waals surface area contributed by atoms with Crippen LogP contribution < -0.4 is 15.5 Å². The summed E-state index contributed by atoms with van der Waals surface area (Å²) in [6.45, 7) is 6.35. The molecule has 184 valence electrons. The second-order valence-corrected chi connectivity index (χ2v) is 11.0. The van der Waals surface area contributed by atoms with Gasteiger partial charge in [-0.15, -0.1) is 0 Å². The van der Waals surface area contributed by atoms with E-state index in [2.05, 4.69) is 114 Å². The van der Waals surface area contributed by atoms with Gasteiger partial charge in [-0.3, -0.25) is 4.79 Å². The molecule has 4 rings (SSSR count). The van der Waals surface area contributed by atoms with Crippen molar-refractivity contribution in [1.29, 1.82) is 0 Å². The predicted octanol–water partition coefficient (Wildman–Crippen LogP) is 5.04. The molecule has 0 aliphatic heterocycles. The third-order valence-corrected chi connectivity index (χ3v) is 7.04. The first kappa shape index (κ1) is 26.2. The third kappa shape index (κ3) is 6.81. The van der Waals surface area contributed by atoms with Crippen LogP contribution in [0.3, 0.4) is 0 Å².